The van der Waals surface area contributed by atoms with Gasteiger partial charge in [0.2, 0.25) is 5.91 Å². The van der Waals surface area contributed by atoms with Crippen LogP contribution in [-0.4, -0.2) is 50.6 Å². The molecule has 0 N–H and O–H groups in total. The molecular weight excluding hydrogens is 489 g/mol. The Morgan fingerprint density at radius 2 is 1.81 bits per heavy atom. The van der Waals surface area contributed by atoms with Crippen LogP contribution in [0.4, 0.5) is 15.8 Å². The summed E-state index contributed by atoms with van der Waals surface area (Å²) in [7, 11) is 1.58. The Morgan fingerprint density at radius 1 is 1.03 bits per heavy atom. The fraction of sp³-hybridized carbons (Fsp3) is 0.367. The molecule has 1 unspecified atom stereocenters. The highest BCUT2D eigenvalue weighted by atomic mass is 35.5. The molecule has 194 valence electrons. The molecule has 1 atom stereocenters. The van der Waals surface area contributed by atoms with E-state index in [0.717, 1.165) is 62.5 Å². The van der Waals surface area contributed by atoms with Crippen molar-refractivity contribution >= 4 is 28.9 Å². The zero-order valence-corrected chi connectivity index (χ0v) is 22.2. The van der Waals surface area contributed by atoms with Gasteiger partial charge in [0.15, 0.2) is 0 Å². The lowest BCUT2D eigenvalue weighted by atomic mass is 9.93. The molecule has 3 aromatic carbocycles. The molecule has 5 rings (SSSR count). The van der Waals surface area contributed by atoms with Crippen LogP contribution >= 0.6 is 11.6 Å². The minimum absolute atomic E-state index is 0.0851. The minimum Gasteiger partial charge on any atom is -0.494 e. The number of halogens is 2. The van der Waals surface area contributed by atoms with E-state index >= 15 is 0 Å². The number of piperazine rings is 1. The van der Waals surface area contributed by atoms with E-state index in [9.17, 15) is 9.18 Å². The lowest BCUT2D eigenvalue weighted by molar-refractivity contribution is -0.118. The topological polar surface area (TPSA) is 36.0 Å². The summed E-state index contributed by atoms with van der Waals surface area (Å²) in [6, 6.07) is 18.9. The third kappa shape index (κ3) is 5.32. The largest absolute Gasteiger partial charge is 0.494 e. The van der Waals surface area contributed by atoms with Gasteiger partial charge < -0.3 is 14.5 Å². The van der Waals surface area contributed by atoms with Gasteiger partial charge in [-0.05, 0) is 54.7 Å². The average Bonchev–Trinajstić information content (AvgIpc) is 2.93. The number of nitrogens with zero attached hydrogens (tertiary/aromatic N) is 3. The highest BCUT2D eigenvalue weighted by molar-refractivity contribution is 6.31. The highest BCUT2D eigenvalue weighted by Gasteiger charge is 2.30. The lowest BCUT2D eigenvalue weighted by Gasteiger charge is -2.41. The fourth-order valence-electron chi connectivity index (χ4n) is 5.63. The van der Waals surface area contributed by atoms with Crippen molar-refractivity contribution in [1.29, 1.82) is 0 Å². The van der Waals surface area contributed by atoms with E-state index in [1.165, 1.54) is 23.3 Å². The second-order valence-corrected chi connectivity index (χ2v) is 10.2. The molecule has 5 nitrogen and oxygen atoms in total. The van der Waals surface area contributed by atoms with E-state index < -0.39 is 0 Å². The van der Waals surface area contributed by atoms with E-state index in [1.807, 2.05) is 29.2 Å². The SMILES string of the molecule is COc1cc(F)ccc1N1CCN(C(C)c2cccc3c2N(C(=O)Cc2ccccc2Cl)CCC3)CC1. The van der Waals surface area contributed by atoms with Gasteiger partial charge in [-0.15, -0.1) is 0 Å². The molecule has 7 heteroatoms. The van der Waals surface area contributed by atoms with E-state index in [0.29, 0.717) is 17.2 Å². The van der Waals surface area contributed by atoms with Crippen LogP contribution in [0.5, 0.6) is 5.75 Å². The van der Waals surface area contributed by atoms with Crippen LogP contribution in [0.15, 0.2) is 60.7 Å². The highest BCUT2D eigenvalue weighted by Crippen LogP contribution is 2.38. The van der Waals surface area contributed by atoms with Gasteiger partial charge in [0, 0.05) is 49.9 Å². The number of hydrogen-bond acceptors (Lipinski definition) is 4. The number of amides is 1. The number of carbonyl (C=O) groups is 1. The summed E-state index contributed by atoms with van der Waals surface area (Å²) in [5.41, 5.74) is 5.28. The molecule has 0 bridgehead atoms. The summed E-state index contributed by atoms with van der Waals surface area (Å²) in [5.74, 6) is 0.351. The second kappa shape index (κ2) is 11.1. The van der Waals surface area contributed by atoms with Crippen molar-refractivity contribution in [2.45, 2.75) is 32.2 Å². The predicted molar refractivity (Wildman–Crippen MR) is 147 cm³/mol. The van der Waals surface area contributed by atoms with Crippen molar-refractivity contribution in [2.75, 3.05) is 49.6 Å². The Labute approximate surface area is 223 Å². The lowest BCUT2D eigenvalue weighted by Crippen LogP contribution is -2.47. The molecule has 0 spiro atoms. The second-order valence-electron chi connectivity index (χ2n) is 9.79. The molecule has 0 radical (unpaired) electrons. The van der Waals surface area contributed by atoms with E-state index in [2.05, 4.69) is 34.9 Å². The normalized spacial score (nSPS) is 16.9. The van der Waals surface area contributed by atoms with Crippen molar-refractivity contribution in [1.82, 2.24) is 4.90 Å². The van der Waals surface area contributed by atoms with E-state index in [4.69, 9.17) is 16.3 Å². The van der Waals surface area contributed by atoms with Gasteiger partial charge in [-0.25, -0.2) is 4.39 Å². The Bertz CT molecular complexity index is 1280. The van der Waals surface area contributed by atoms with Gasteiger partial charge in [-0.2, -0.15) is 0 Å². The average molecular weight is 522 g/mol. The molecule has 0 aromatic heterocycles. The maximum Gasteiger partial charge on any atom is 0.231 e. The van der Waals surface area contributed by atoms with Crippen molar-refractivity contribution in [3.05, 3.63) is 88.2 Å². The van der Waals surface area contributed by atoms with Gasteiger partial charge in [0.1, 0.15) is 11.6 Å². The van der Waals surface area contributed by atoms with Crippen LogP contribution < -0.4 is 14.5 Å². The molecule has 2 heterocycles. The molecule has 3 aromatic rings. The summed E-state index contributed by atoms with van der Waals surface area (Å²) in [6.45, 7) is 6.30. The summed E-state index contributed by atoms with van der Waals surface area (Å²) >= 11 is 6.37. The first kappa shape index (κ1) is 25.6. The van der Waals surface area contributed by atoms with Gasteiger partial charge in [-0.1, -0.05) is 48.0 Å². The van der Waals surface area contributed by atoms with Crippen LogP contribution in [0.25, 0.3) is 0 Å². The van der Waals surface area contributed by atoms with Crippen LogP contribution in [0.3, 0.4) is 0 Å². The van der Waals surface area contributed by atoms with Gasteiger partial charge in [0.05, 0.1) is 24.9 Å². The van der Waals surface area contributed by atoms with Crippen LogP contribution in [-0.2, 0) is 17.6 Å². The Hall–Kier alpha value is -3.09. The molecule has 1 fully saturated rings. The molecule has 2 aliphatic heterocycles. The van der Waals surface area contributed by atoms with Crippen LogP contribution in [0.2, 0.25) is 5.02 Å². The van der Waals surface area contributed by atoms with E-state index in [-0.39, 0.29) is 17.8 Å². The number of methoxy groups -OCH3 is 1. The van der Waals surface area contributed by atoms with Crippen LogP contribution in [0, 0.1) is 5.82 Å². The maximum atomic E-state index is 13.7. The Balaban J connectivity index is 1.34. The summed E-state index contributed by atoms with van der Waals surface area (Å²) < 4.78 is 19.1. The Kier molecular flexibility index (Phi) is 7.68. The zero-order valence-electron chi connectivity index (χ0n) is 21.4. The van der Waals surface area contributed by atoms with Crippen molar-refractivity contribution in [2.24, 2.45) is 0 Å². The summed E-state index contributed by atoms with van der Waals surface area (Å²) in [4.78, 5) is 20.2. The number of benzene rings is 3. The Morgan fingerprint density at radius 3 is 2.57 bits per heavy atom. The predicted octanol–water partition coefficient (Wildman–Crippen LogP) is 5.89. The quantitative estimate of drug-likeness (QED) is 0.405. The number of aryl methyl sites for hydroxylation is 1. The summed E-state index contributed by atoms with van der Waals surface area (Å²) in [6.07, 6.45) is 2.22. The summed E-state index contributed by atoms with van der Waals surface area (Å²) in [5, 5.41) is 0.630. The molecule has 0 saturated carbocycles. The third-order valence-corrected chi connectivity index (χ3v) is 8.01. The number of carbonyl (C=O) groups excluding carboxylic acids is 1. The molecule has 37 heavy (non-hydrogen) atoms. The minimum atomic E-state index is -0.296. The van der Waals surface area contributed by atoms with Gasteiger partial charge in [0.25, 0.3) is 0 Å². The first-order chi connectivity index (χ1) is 18.0. The number of rotatable bonds is 6. The molecule has 1 amide bonds. The van der Waals surface area contributed by atoms with Gasteiger partial charge in [-0.3, -0.25) is 9.69 Å². The van der Waals surface area contributed by atoms with Crippen LogP contribution in [0.1, 0.15) is 36.1 Å². The molecule has 1 saturated heterocycles. The number of fused-ring (bicyclic) bond motifs is 1. The standard InChI is InChI=1S/C30H33ClFN3O2/c1-21(33-15-17-34(18-16-33)27-13-12-24(32)20-28(27)37-2)25-10-5-8-22-9-6-14-35(30(22)25)29(36)19-23-7-3-4-11-26(23)31/h3-5,7-8,10-13,20-21H,6,9,14-19H2,1-2H3. The fourth-order valence-corrected chi connectivity index (χ4v) is 5.83. The van der Waals surface area contributed by atoms with Gasteiger partial charge >= 0.3 is 0 Å². The number of ether oxygens (including phenoxy) is 1. The first-order valence-electron chi connectivity index (χ1n) is 12.9. The molecule has 0 aliphatic carbocycles. The molecular formula is C30H33ClFN3O2. The number of para-hydroxylation sites is 1. The monoisotopic (exact) mass is 521 g/mol. The maximum absolute atomic E-state index is 13.7. The van der Waals surface area contributed by atoms with Crippen molar-refractivity contribution < 1.29 is 13.9 Å². The van der Waals surface area contributed by atoms with Crippen molar-refractivity contribution in [3.63, 3.8) is 0 Å². The smallest absolute Gasteiger partial charge is 0.231 e. The third-order valence-electron chi connectivity index (χ3n) is 7.64. The van der Waals surface area contributed by atoms with E-state index in [1.54, 1.807) is 13.2 Å². The molecule has 2 aliphatic rings. The number of anilines is 2. The van der Waals surface area contributed by atoms with Crippen molar-refractivity contribution in [3.8, 4) is 5.75 Å². The first-order valence-corrected chi connectivity index (χ1v) is 13.3. The zero-order chi connectivity index (χ0) is 25.9. The number of hydrogen-bond donors (Lipinski definition) is 0.